The third-order valence-electron chi connectivity index (χ3n) is 4.77. The van der Waals surface area contributed by atoms with E-state index in [1.807, 2.05) is 72.8 Å². The van der Waals surface area contributed by atoms with Crippen LogP contribution < -0.4 is 14.2 Å². The number of nitrogens with zero attached hydrogens (tertiary/aromatic N) is 1. The number of carboxylic acid groups (broad SMARTS) is 1. The van der Waals surface area contributed by atoms with Crippen molar-refractivity contribution < 1.29 is 24.1 Å². The summed E-state index contributed by atoms with van der Waals surface area (Å²) < 4.78 is 16.8. The Morgan fingerprint density at radius 1 is 0.867 bits per heavy atom. The second kappa shape index (κ2) is 9.33. The first-order chi connectivity index (χ1) is 14.7. The van der Waals surface area contributed by atoms with E-state index in [1.165, 1.54) is 0 Å². The summed E-state index contributed by atoms with van der Waals surface area (Å²) in [4.78, 5) is 13.2. The molecule has 4 rings (SSSR count). The molecule has 154 valence electrons. The van der Waals surface area contributed by atoms with Crippen molar-refractivity contribution >= 4 is 5.97 Å². The molecule has 6 heteroatoms. The van der Waals surface area contributed by atoms with Gasteiger partial charge in [0.15, 0.2) is 11.5 Å². The highest BCUT2D eigenvalue weighted by atomic mass is 16.7. The fourth-order valence-electron chi connectivity index (χ4n) is 3.36. The Kier molecular flexibility index (Phi) is 6.15. The summed E-state index contributed by atoms with van der Waals surface area (Å²) in [6, 6.07) is 23.3. The van der Waals surface area contributed by atoms with Crippen molar-refractivity contribution in [3.63, 3.8) is 0 Å². The molecule has 0 bridgehead atoms. The highest BCUT2D eigenvalue weighted by Crippen LogP contribution is 2.33. The van der Waals surface area contributed by atoms with Gasteiger partial charge in [0.25, 0.3) is 0 Å². The number of carboxylic acids is 1. The van der Waals surface area contributed by atoms with Gasteiger partial charge in [-0.25, -0.2) is 0 Å². The lowest BCUT2D eigenvalue weighted by atomic mass is 10.1. The van der Waals surface area contributed by atoms with Gasteiger partial charge in [0.2, 0.25) is 6.79 Å². The first-order valence-electron chi connectivity index (χ1n) is 9.80. The third-order valence-corrected chi connectivity index (χ3v) is 4.77. The molecule has 30 heavy (non-hydrogen) atoms. The van der Waals surface area contributed by atoms with Gasteiger partial charge in [0, 0.05) is 19.6 Å². The monoisotopic (exact) mass is 405 g/mol. The van der Waals surface area contributed by atoms with Crippen LogP contribution in [0.5, 0.6) is 23.0 Å². The van der Waals surface area contributed by atoms with Gasteiger partial charge in [-0.05, 0) is 47.5 Å². The number of aliphatic carboxylic acids is 1. The third kappa shape index (κ3) is 5.30. The van der Waals surface area contributed by atoms with Gasteiger partial charge < -0.3 is 19.3 Å². The minimum absolute atomic E-state index is 0.0742. The number of hydrogen-bond acceptors (Lipinski definition) is 5. The Labute approximate surface area is 175 Å². The van der Waals surface area contributed by atoms with E-state index in [-0.39, 0.29) is 13.2 Å². The van der Waals surface area contributed by atoms with Gasteiger partial charge in [-0.1, -0.05) is 36.4 Å². The van der Waals surface area contributed by atoms with E-state index < -0.39 is 5.97 Å². The molecule has 0 saturated heterocycles. The molecule has 1 aliphatic heterocycles. The maximum atomic E-state index is 11.1. The summed E-state index contributed by atoms with van der Waals surface area (Å²) in [5.41, 5.74) is 2.09. The SMILES string of the molecule is O=C(O)CCN(Cc1cccc(Oc2ccccc2)c1)Cc1ccc2c(c1)OCO2. The minimum Gasteiger partial charge on any atom is -0.481 e. The van der Waals surface area contributed by atoms with E-state index >= 15 is 0 Å². The molecule has 0 unspecified atom stereocenters. The normalized spacial score (nSPS) is 12.2. The summed E-state index contributed by atoms with van der Waals surface area (Å²) in [7, 11) is 0. The zero-order valence-electron chi connectivity index (χ0n) is 16.5. The number of ether oxygens (including phenoxy) is 3. The van der Waals surface area contributed by atoms with Gasteiger partial charge in [0.1, 0.15) is 11.5 Å². The number of rotatable bonds is 9. The van der Waals surface area contributed by atoms with E-state index in [2.05, 4.69) is 4.90 Å². The minimum atomic E-state index is -0.813. The predicted octanol–water partition coefficient (Wildman–Crippen LogP) is 4.68. The van der Waals surface area contributed by atoms with Crippen LogP contribution in [0.15, 0.2) is 72.8 Å². The molecule has 0 aliphatic carbocycles. The van der Waals surface area contributed by atoms with E-state index in [4.69, 9.17) is 19.3 Å². The van der Waals surface area contributed by atoms with Crippen LogP contribution in [-0.4, -0.2) is 29.3 Å². The zero-order chi connectivity index (χ0) is 20.8. The molecular weight excluding hydrogens is 382 g/mol. The van der Waals surface area contributed by atoms with Gasteiger partial charge in [-0.15, -0.1) is 0 Å². The second-order valence-corrected chi connectivity index (χ2v) is 7.10. The predicted molar refractivity (Wildman–Crippen MR) is 112 cm³/mol. The Morgan fingerprint density at radius 2 is 1.60 bits per heavy atom. The van der Waals surface area contributed by atoms with Gasteiger partial charge in [-0.3, -0.25) is 9.69 Å². The summed E-state index contributed by atoms with van der Waals surface area (Å²) in [5, 5.41) is 9.15. The van der Waals surface area contributed by atoms with Crippen LogP contribution in [0.4, 0.5) is 0 Å². The smallest absolute Gasteiger partial charge is 0.304 e. The number of benzene rings is 3. The van der Waals surface area contributed by atoms with E-state index in [1.54, 1.807) is 0 Å². The van der Waals surface area contributed by atoms with Crippen molar-refractivity contribution in [2.24, 2.45) is 0 Å². The molecule has 0 radical (unpaired) electrons. The van der Waals surface area contributed by atoms with Gasteiger partial charge in [-0.2, -0.15) is 0 Å². The molecule has 6 nitrogen and oxygen atoms in total. The molecule has 1 aliphatic rings. The fourth-order valence-corrected chi connectivity index (χ4v) is 3.36. The first-order valence-corrected chi connectivity index (χ1v) is 9.80. The van der Waals surface area contributed by atoms with Gasteiger partial charge in [0.05, 0.1) is 6.42 Å². The Balaban J connectivity index is 1.47. The fraction of sp³-hybridized carbons (Fsp3) is 0.208. The van der Waals surface area contributed by atoms with Crippen molar-refractivity contribution in [1.82, 2.24) is 4.90 Å². The lowest BCUT2D eigenvalue weighted by Crippen LogP contribution is -2.25. The molecule has 0 spiro atoms. The van der Waals surface area contributed by atoms with Crippen molar-refractivity contribution in [1.29, 1.82) is 0 Å². The second-order valence-electron chi connectivity index (χ2n) is 7.10. The quantitative estimate of drug-likeness (QED) is 0.557. The number of carbonyl (C=O) groups is 1. The van der Waals surface area contributed by atoms with Crippen molar-refractivity contribution in [3.8, 4) is 23.0 Å². The molecule has 0 fully saturated rings. The molecule has 0 amide bonds. The van der Waals surface area contributed by atoms with Gasteiger partial charge >= 0.3 is 5.97 Å². The van der Waals surface area contributed by atoms with Crippen LogP contribution in [0.2, 0.25) is 0 Å². The van der Waals surface area contributed by atoms with Crippen LogP contribution in [0.1, 0.15) is 17.5 Å². The van der Waals surface area contributed by atoms with Crippen molar-refractivity contribution in [2.45, 2.75) is 19.5 Å². The molecule has 0 atom stereocenters. The summed E-state index contributed by atoms with van der Waals surface area (Å²) in [6.45, 7) is 1.88. The Hall–Kier alpha value is -3.51. The number of para-hydroxylation sites is 1. The molecular formula is C24H23NO5. The first kappa shape index (κ1) is 19.8. The molecule has 1 N–H and O–H groups in total. The lowest BCUT2D eigenvalue weighted by Gasteiger charge is -2.22. The Bertz CT molecular complexity index is 1010. The number of hydrogen-bond donors (Lipinski definition) is 1. The maximum absolute atomic E-state index is 11.1. The average Bonchev–Trinajstić information content (AvgIpc) is 3.21. The van der Waals surface area contributed by atoms with Crippen LogP contribution in [0.25, 0.3) is 0 Å². The molecule has 0 aromatic heterocycles. The molecule has 1 heterocycles. The van der Waals surface area contributed by atoms with Crippen LogP contribution in [0, 0.1) is 0 Å². The average molecular weight is 405 g/mol. The van der Waals surface area contributed by atoms with E-state index in [9.17, 15) is 4.79 Å². The maximum Gasteiger partial charge on any atom is 0.304 e. The van der Waals surface area contributed by atoms with Crippen LogP contribution in [-0.2, 0) is 17.9 Å². The molecule has 3 aromatic rings. The molecule has 3 aromatic carbocycles. The van der Waals surface area contributed by atoms with Crippen LogP contribution >= 0.6 is 0 Å². The Morgan fingerprint density at radius 3 is 2.40 bits per heavy atom. The zero-order valence-corrected chi connectivity index (χ0v) is 16.5. The van der Waals surface area contributed by atoms with Crippen LogP contribution in [0.3, 0.4) is 0 Å². The standard InChI is InChI=1S/C24H23NO5/c26-24(27)11-12-25(16-19-9-10-22-23(14-19)29-17-28-22)15-18-5-4-8-21(13-18)30-20-6-2-1-3-7-20/h1-10,13-14H,11-12,15-17H2,(H,26,27). The highest BCUT2D eigenvalue weighted by Gasteiger charge is 2.16. The van der Waals surface area contributed by atoms with Crippen molar-refractivity contribution in [3.05, 3.63) is 83.9 Å². The number of fused-ring (bicyclic) bond motifs is 1. The summed E-state index contributed by atoms with van der Waals surface area (Å²) in [5.74, 6) is 2.18. The highest BCUT2D eigenvalue weighted by molar-refractivity contribution is 5.66. The molecule has 0 saturated carbocycles. The summed E-state index contributed by atoms with van der Waals surface area (Å²) >= 11 is 0. The summed E-state index contributed by atoms with van der Waals surface area (Å²) in [6.07, 6.45) is 0.0742. The largest absolute Gasteiger partial charge is 0.481 e. The van der Waals surface area contributed by atoms with E-state index in [0.29, 0.717) is 19.6 Å². The topological polar surface area (TPSA) is 68.2 Å². The lowest BCUT2D eigenvalue weighted by molar-refractivity contribution is -0.137. The van der Waals surface area contributed by atoms with Crippen molar-refractivity contribution in [2.75, 3.05) is 13.3 Å². The van der Waals surface area contributed by atoms with E-state index in [0.717, 1.165) is 34.1 Å².